The molecule has 0 radical (unpaired) electrons. The van der Waals surface area contributed by atoms with Crippen molar-refractivity contribution in [2.75, 3.05) is 7.05 Å². The van der Waals surface area contributed by atoms with Crippen molar-refractivity contribution in [2.45, 2.75) is 198 Å². The predicted molar refractivity (Wildman–Crippen MR) is 184 cm³/mol. The third kappa shape index (κ3) is 7.07. The number of rotatable bonds is 1. The number of likely N-dealkylation sites (tertiary alicyclic amines) is 1. The zero-order valence-corrected chi connectivity index (χ0v) is 29.5. The molecule has 10 atom stereocenters. The van der Waals surface area contributed by atoms with Crippen LogP contribution in [0.5, 0.6) is 0 Å². The molecule has 2 nitrogen and oxygen atoms in total. The second kappa shape index (κ2) is 14.8. The zero-order chi connectivity index (χ0) is 28.2. The number of hydrogen-bond donors (Lipinski definition) is 0. The molecule has 6 fully saturated rings. The molecule has 2 heterocycles. The fourth-order valence-corrected chi connectivity index (χ4v) is 13.6. The van der Waals surface area contributed by atoms with Gasteiger partial charge in [0.25, 0.3) is 0 Å². The highest BCUT2D eigenvalue weighted by atomic mass is 127. The van der Waals surface area contributed by atoms with Gasteiger partial charge in [-0.05, 0) is 119 Å². The van der Waals surface area contributed by atoms with E-state index in [1.54, 1.807) is 0 Å². The van der Waals surface area contributed by atoms with Crippen molar-refractivity contribution in [2.24, 2.45) is 35.0 Å². The van der Waals surface area contributed by atoms with Crippen LogP contribution < -0.4 is 0 Å². The number of nitrogens with zero attached hydrogens (tertiary/aromatic N) is 2. The molecule has 236 valence electrons. The Labute approximate surface area is 269 Å². The lowest BCUT2D eigenvalue weighted by atomic mass is 9.64. The molecule has 0 aromatic carbocycles. The first-order valence-corrected chi connectivity index (χ1v) is 20.2. The molecule has 2 aliphatic heterocycles. The molecule has 10 unspecified atom stereocenters. The summed E-state index contributed by atoms with van der Waals surface area (Å²) < 4.78 is 2.92. The highest BCUT2D eigenvalue weighted by Crippen LogP contribution is 2.53. The van der Waals surface area contributed by atoms with Gasteiger partial charge in [-0.3, -0.25) is 4.90 Å². The van der Waals surface area contributed by atoms with Crippen LogP contribution in [0.15, 0.2) is 0 Å². The van der Waals surface area contributed by atoms with E-state index in [1.165, 1.54) is 167 Å². The van der Waals surface area contributed by atoms with Gasteiger partial charge in [0.05, 0.1) is 0 Å². The maximum atomic E-state index is 2.97. The van der Waals surface area contributed by atoms with Gasteiger partial charge in [-0.2, -0.15) is 0 Å². The number of halogens is 1. The third-order valence-electron chi connectivity index (χ3n) is 14.5. The summed E-state index contributed by atoms with van der Waals surface area (Å²) in [5, 5.41) is 0. The minimum atomic E-state index is 0.590. The zero-order valence-electron chi connectivity index (χ0n) is 27.4. The summed E-state index contributed by atoms with van der Waals surface area (Å²) in [6.07, 6.45) is 39.2. The molecule has 4 saturated carbocycles. The molecule has 0 aromatic heterocycles. The van der Waals surface area contributed by atoms with Crippen molar-refractivity contribution in [1.29, 1.82) is 0 Å². The van der Waals surface area contributed by atoms with Crippen LogP contribution in [0.2, 0.25) is 0 Å². The van der Waals surface area contributed by atoms with Crippen molar-refractivity contribution in [3.05, 3.63) is 0 Å². The van der Waals surface area contributed by atoms with Crippen molar-refractivity contribution in [3.63, 3.8) is 0 Å². The first-order chi connectivity index (χ1) is 20.1. The SMILES string of the molecule is CN1C2CCCCCCCCC2C2CCCC(C)(C3CCCC4C5CCCCCCCC5N(I)C4CCC3)CCC21. The summed E-state index contributed by atoms with van der Waals surface area (Å²) in [6, 6.07) is 3.56. The Morgan fingerprint density at radius 1 is 0.439 bits per heavy atom. The van der Waals surface area contributed by atoms with Gasteiger partial charge in [0.1, 0.15) is 0 Å². The highest BCUT2D eigenvalue weighted by molar-refractivity contribution is 14.1. The Bertz CT molecular complexity index is 801. The lowest BCUT2D eigenvalue weighted by Crippen LogP contribution is -2.38. The average molecular weight is 679 g/mol. The van der Waals surface area contributed by atoms with Gasteiger partial charge in [-0.15, -0.1) is 0 Å². The molecule has 0 spiro atoms. The van der Waals surface area contributed by atoms with Crippen LogP contribution in [-0.4, -0.2) is 39.2 Å². The van der Waals surface area contributed by atoms with E-state index in [1.807, 2.05) is 0 Å². The van der Waals surface area contributed by atoms with Crippen molar-refractivity contribution in [1.82, 2.24) is 8.01 Å². The van der Waals surface area contributed by atoms with Gasteiger partial charge >= 0.3 is 0 Å². The van der Waals surface area contributed by atoms with E-state index in [2.05, 4.69) is 44.8 Å². The fraction of sp³-hybridized carbons (Fsp3) is 1.00. The van der Waals surface area contributed by atoms with Crippen LogP contribution in [0, 0.1) is 35.0 Å². The molecule has 0 amide bonds. The van der Waals surface area contributed by atoms with Gasteiger partial charge in [0.2, 0.25) is 0 Å². The monoisotopic (exact) mass is 678 g/mol. The Balaban J connectivity index is 1.10. The van der Waals surface area contributed by atoms with Gasteiger partial charge in [-0.1, -0.05) is 96.8 Å². The minimum Gasteiger partial charge on any atom is -0.300 e. The van der Waals surface area contributed by atoms with E-state index >= 15 is 0 Å². The van der Waals surface area contributed by atoms with E-state index < -0.39 is 0 Å². The average Bonchev–Trinajstić information content (AvgIpc) is 3.44. The second-order valence-corrected chi connectivity index (χ2v) is 17.7. The quantitative estimate of drug-likeness (QED) is 0.201. The molecular formula is C38H67IN2. The molecule has 6 rings (SSSR count). The van der Waals surface area contributed by atoms with Gasteiger partial charge in [0.15, 0.2) is 0 Å². The molecule has 0 aromatic rings. The summed E-state index contributed by atoms with van der Waals surface area (Å²) in [6.45, 7) is 2.78. The maximum absolute atomic E-state index is 2.97. The third-order valence-corrected chi connectivity index (χ3v) is 15.9. The van der Waals surface area contributed by atoms with E-state index in [4.69, 9.17) is 0 Å². The maximum Gasteiger partial charge on any atom is 0.0228 e. The first kappa shape index (κ1) is 31.6. The highest BCUT2D eigenvalue weighted by Gasteiger charge is 2.49. The van der Waals surface area contributed by atoms with E-state index in [0.29, 0.717) is 5.41 Å². The Kier molecular flexibility index (Phi) is 11.4. The summed E-state index contributed by atoms with van der Waals surface area (Å²) in [5.41, 5.74) is 0.590. The topological polar surface area (TPSA) is 6.48 Å². The summed E-state index contributed by atoms with van der Waals surface area (Å²) in [4.78, 5) is 2.97. The van der Waals surface area contributed by atoms with Gasteiger partial charge in [0, 0.05) is 47.0 Å². The normalized spacial score (nSPS) is 46.5. The molecule has 3 heteroatoms. The smallest absolute Gasteiger partial charge is 0.0228 e. The molecule has 0 N–H and O–H groups in total. The molecular weight excluding hydrogens is 611 g/mol. The molecule has 0 bridgehead atoms. The first-order valence-electron chi connectivity index (χ1n) is 19.2. The number of fused-ring (bicyclic) bond motifs is 6. The summed E-state index contributed by atoms with van der Waals surface area (Å²) >= 11 is 2.81. The van der Waals surface area contributed by atoms with Crippen LogP contribution in [0.25, 0.3) is 0 Å². The molecule has 2 saturated heterocycles. The van der Waals surface area contributed by atoms with E-state index in [0.717, 1.165) is 53.8 Å². The fourth-order valence-electron chi connectivity index (χ4n) is 12.2. The predicted octanol–water partition coefficient (Wildman–Crippen LogP) is 11.4. The second-order valence-electron chi connectivity index (χ2n) is 16.6. The van der Waals surface area contributed by atoms with Crippen LogP contribution in [0.1, 0.15) is 174 Å². The Morgan fingerprint density at radius 3 is 1.49 bits per heavy atom. The number of hydrogen-bond acceptors (Lipinski definition) is 2. The summed E-state index contributed by atoms with van der Waals surface area (Å²) in [7, 11) is 2.56. The molecule has 4 aliphatic carbocycles. The lowest BCUT2D eigenvalue weighted by Gasteiger charge is -2.43. The van der Waals surface area contributed by atoms with Gasteiger partial charge in [-0.25, -0.2) is 3.11 Å². The molecule has 41 heavy (non-hydrogen) atoms. The Morgan fingerprint density at radius 2 is 0.854 bits per heavy atom. The van der Waals surface area contributed by atoms with Crippen LogP contribution in [0.4, 0.5) is 0 Å². The van der Waals surface area contributed by atoms with Crippen molar-refractivity contribution in [3.8, 4) is 0 Å². The van der Waals surface area contributed by atoms with E-state index in [-0.39, 0.29) is 0 Å². The van der Waals surface area contributed by atoms with E-state index in [9.17, 15) is 0 Å². The standard InChI is InChI=1S/C38H67IN2/c1-38(27-16-22-31-30-19-10-6-3-4-8-12-23-34(30)40(2)35(31)26-28-38)29-17-14-21-33-32-20-11-7-5-9-13-24-36(32)41(39)37(33)25-15-18-29/h29-37H,3-28H2,1-2H3. The van der Waals surface area contributed by atoms with Crippen molar-refractivity contribution < 1.29 is 0 Å². The Hall–Kier alpha value is 0.650. The largest absolute Gasteiger partial charge is 0.300 e. The lowest BCUT2D eigenvalue weighted by molar-refractivity contribution is 0.0825. The van der Waals surface area contributed by atoms with Crippen LogP contribution >= 0.6 is 22.9 Å². The minimum absolute atomic E-state index is 0.590. The van der Waals surface area contributed by atoms with Crippen LogP contribution in [-0.2, 0) is 0 Å². The van der Waals surface area contributed by atoms with Crippen LogP contribution in [0.3, 0.4) is 0 Å². The summed E-state index contributed by atoms with van der Waals surface area (Å²) in [5.74, 6) is 4.99. The van der Waals surface area contributed by atoms with Gasteiger partial charge < -0.3 is 0 Å². The molecule has 6 aliphatic rings. The van der Waals surface area contributed by atoms with Crippen molar-refractivity contribution >= 4 is 22.9 Å².